The fourth-order valence-electron chi connectivity index (χ4n) is 2.83. The number of carbonyl (C=O) groups is 2. The zero-order valence-electron chi connectivity index (χ0n) is 17.9. The Kier molecular flexibility index (Phi) is 7.99. The number of nitrogens with one attached hydrogen (secondary N) is 3. The Hall–Kier alpha value is -3.65. The van der Waals surface area contributed by atoms with Gasteiger partial charge in [0.2, 0.25) is 0 Å². The van der Waals surface area contributed by atoms with E-state index >= 15 is 0 Å². The number of hydrogen-bond donors (Lipinski definition) is 3. The SMILES string of the molecule is CC(C)COc1ccccc1C(=O)NC(=S)Nc1ccccc1C(=O)NCc1ccco1. The first-order chi connectivity index (χ1) is 15.4. The summed E-state index contributed by atoms with van der Waals surface area (Å²) in [7, 11) is 0. The number of benzene rings is 2. The summed E-state index contributed by atoms with van der Waals surface area (Å²) in [5.41, 5.74) is 1.23. The minimum Gasteiger partial charge on any atom is -0.492 e. The van der Waals surface area contributed by atoms with Crippen molar-refractivity contribution in [3.05, 3.63) is 83.8 Å². The molecule has 8 heteroatoms. The smallest absolute Gasteiger partial charge is 0.261 e. The van der Waals surface area contributed by atoms with Crippen molar-refractivity contribution >= 4 is 34.8 Å². The molecule has 0 aliphatic carbocycles. The molecule has 3 rings (SSSR count). The molecule has 0 aliphatic rings. The average molecular weight is 452 g/mol. The van der Waals surface area contributed by atoms with Crippen LogP contribution >= 0.6 is 12.2 Å². The number of anilines is 1. The molecule has 1 aromatic heterocycles. The first kappa shape index (κ1) is 23.0. The van der Waals surface area contributed by atoms with Gasteiger partial charge in [0.1, 0.15) is 11.5 Å². The van der Waals surface area contributed by atoms with Crippen LogP contribution in [0.15, 0.2) is 71.3 Å². The topological polar surface area (TPSA) is 92.6 Å². The molecule has 166 valence electrons. The molecule has 0 saturated heterocycles. The van der Waals surface area contributed by atoms with Crippen LogP contribution < -0.4 is 20.7 Å². The van der Waals surface area contributed by atoms with Gasteiger partial charge in [-0.2, -0.15) is 0 Å². The molecule has 1 heterocycles. The van der Waals surface area contributed by atoms with Crippen LogP contribution in [0.1, 0.15) is 40.3 Å². The molecule has 2 aromatic carbocycles. The highest BCUT2D eigenvalue weighted by molar-refractivity contribution is 7.80. The second-order valence-electron chi connectivity index (χ2n) is 7.42. The van der Waals surface area contributed by atoms with Crippen molar-refractivity contribution in [1.29, 1.82) is 0 Å². The zero-order valence-corrected chi connectivity index (χ0v) is 18.7. The number of amides is 2. The highest BCUT2D eigenvalue weighted by Crippen LogP contribution is 2.19. The fraction of sp³-hybridized carbons (Fsp3) is 0.208. The first-order valence-electron chi connectivity index (χ1n) is 10.2. The number of carbonyl (C=O) groups excluding carboxylic acids is 2. The maximum absolute atomic E-state index is 12.8. The molecule has 0 radical (unpaired) electrons. The lowest BCUT2D eigenvalue weighted by atomic mass is 10.1. The molecule has 3 aromatic rings. The second kappa shape index (κ2) is 11.1. The van der Waals surface area contributed by atoms with E-state index < -0.39 is 5.91 Å². The predicted octanol–water partition coefficient (Wildman–Crippen LogP) is 4.37. The molecular formula is C24H25N3O4S. The number of thiocarbonyl (C=S) groups is 1. The van der Waals surface area contributed by atoms with E-state index in [9.17, 15) is 9.59 Å². The van der Waals surface area contributed by atoms with E-state index in [2.05, 4.69) is 16.0 Å². The molecule has 0 aliphatic heterocycles. The van der Waals surface area contributed by atoms with Gasteiger partial charge in [0.05, 0.1) is 36.2 Å². The average Bonchev–Trinajstić information content (AvgIpc) is 3.30. The van der Waals surface area contributed by atoms with Crippen molar-refractivity contribution in [2.45, 2.75) is 20.4 Å². The largest absolute Gasteiger partial charge is 0.492 e. The maximum Gasteiger partial charge on any atom is 0.261 e. The number of furan rings is 1. The van der Waals surface area contributed by atoms with Crippen molar-refractivity contribution in [3.8, 4) is 5.75 Å². The lowest BCUT2D eigenvalue weighted by molar-refractivity contribution is 0.0947. The van der Waals surface area contributed by atoms with Gasteiger partial charge in [-0.25, -0.2) is 0 Å². The summed E-state index contributed by atoms with van der Waals surface area (Å²) < 4.78 is 11.0. The fourth-order valence-corrected chi connectivity index (χ4v) is 3.03. The predicted molar refractivity (Wildman–Crippen MR) is 127 cm³/mol. The first-order valence-corrected chi connectivity index (χ1v) is 10.6. The molecule has 0 saturated carbocycles. The molecule has 7 nitrogen and oxygen atoms in total. The van der Waals surface area contributed by atoms with Gasteiger partial charge in [0, 0.05) is 0 Å². The molecule has 3 N–H and O–H groups in total. The quantitative estimate of drug-likeness (QED) is 0.441. The van der Waals surface area contributed by atoms with Gasteiger partial charge < -0.3 is 19.8 Å². The summed E-state index contributed by atoms with van der Waals surface area (Å²) in [6.45, 7) is 4.82. The summed E-state index contributed by atoms with van der Waals surface area (Å²) in [4.78, 5) is 25.4. The van der Waals surface area contributed by atoms with Gasteiger partial charge in [-0.3, -0.25) is 14.9 Å². The summed E-state index contributed by atoms with van der Waals surface area (Å²) in [6.07, 6.45) is 1.55. The summed E-state index contributed by atoms with van der Waals surface area (Å²) in [5, 5.41) is 8.44. The van der Waals surface area contributed by atoms with Crippen LogP contribution in [0.4, 0.5) is 5.69 Å². The molecule has 0 atom stereocenters. The van der Waals surface area contributed by atoms with Crippen molar-refractivity contribution in [2.24, 2.45) is 5.92 Å². The van der Waals surface area contributed by atoms with Gasteiger partial charge in [-0.05, 0) is 54.5 Å². The Morgan fingerprint density at radius 3 is 2.41 bits per heavy atom. The summed E-state index contributed by atoms with van der Waals surface area (Å²) in [5.74, 6) is 0.751. The third-order valence-electron chi connectivity index (χ3n) is 4.35. The molecule has 0 spiro atoms. The lowest BCUT2D eigenvalue weighted by Crippen LogP contribution is -2.35. The third-order valence-corrected chi connectivity index (χ3v) is 4.56. The van der Waals surface area contributed by atoms with Gasteiger partial charge in [-0.1, -0.05) is 38.1 Å². The van der Waals surface area contributed by atoms with E-state index in [0.717, 1.165) is 0 Å². The van der Waals surface area contributed by atoms with Crippen LogP contribution in [-0.4, -0.2) is 23.5 Å². The Bertz CT molecular complexity index is 1080. The molecule has 2 amide bonds. The Morgan fingerprint density at radius 1 is 0.969 bits per heavy atom. The number of hydrogen-bond acceptors (Lipinski definition) is 5. The summed E-state index contributed by atoms with van der Waals surface area (Å²) >= 11 is 5.31. The molecule has 0 fully saturated rings. The highest BCUT2D eigenvalue weighted by atomic mass is 32.1. The van der Waals surface area contributed by atoms with E-state index in [-0.39, 0.29) is 17.6 Å². The van der Waals surface area contributed by atoms with Crippen LogP contribution in [0.3, 0.4) is 0 Å². The minimum atomic E-state index is -0.401. The van der Waals surface area contributed by atoms with Gasteiger partial charge in [-0.15, -0.1) is 0 Å². The monoisotopic (exact) mass is 451 g/mol. The van der Waals surface area contributed by atoms with Gasteiger partial charge >= 0.3 is 0 Å². The minimum absolute atomic E-state index is 0.0694. The molecule has 0 bridgehead atoms. The van der Waals surface area contributed by atoms with Crippen LogP contribution in [0.2, 0.25) is 0 Å². The summed E-state index contributed by atoms with van der Waals surface area (Å²) in [6, 6.07) is 17.4. The van der Waals surface area contributed by atoms with Gasteiger partial charge in [0.25, 0.3) is 11.8 Å². The standard InChI is InChI=1S/C24H25N3O4S/c1-16(2)15-31-21-12-6-4-10-19(21)23(29)27-24(32)26-20-11-5-3-9-18(20)22(28)25-14-17-8-7-13-30-17/h3-13,16H,14-15H2,1-2H3,(H,25,28)(H2,26,27,29,32). The highest BCUT2D eigenvalue weighted by Gasteiger charge is 2.16. The second-order valence-corrected chi connectivity index (χ2v) is 7.83. The van der Waals surface area contributed by atoms with Crippen molar-refractivity contribution in [2.75, 3.05) is 11.9 Å². The Balaban J connectivity index is 1.64. The van der Waals surface area contributed by atoms with Crippen LogP contribution in [0, 0.1) is 5.92 Å². The van der Waals surface area contributed by atoms with Crippen LogP contribution in [0.25, 0.3) is 0 Å². The molecular weight excluding hydrogens is 426 g/mol. The Labute approximate surface area is 192 Å². The van der Waals surface area contributed by atoms with Crippen molar-refractivity contribution in [3.63, 3.8) is 0 Å². The van der Waals surface area contributed by atoms with E-state index in [1.165, 1.54) is 0 Å². The van der Waals surface area contributed by atoms with Crippen molar-refractivity contribution in [1.82, 2.24) is 10.6 Å². The maximum atomic E-state index is 12.8. The third kappa shape index (κ3) is 6.42. The lowest BCUT2D eigenvalue weighted by Gasteiger charge is -2.15. The number of rotatable bonds is 8. The molecule has 0 unspecified atom stereocenters. The number of ether oxygens (including phenoxy) is 1. The van der Waals surface area contributed by atoms with E-state index in [4.69, 9.17) is 21.4 Å². The van der Waals surface area contributed by atoms with E-state index in [1.807, 2.05) is 13.8 Å². The zero-order chi connectivity index (χ0) is 22.9. The van der Waals surface area contributed by atoms with E-state index in [1.54, 1.807) is 66.9 Å². The number of para-hydroxylation sites is 2. The van der Waals surface area contributed by atoms with Crippen LogP contribution in [-0.2, 0) is 6.54 Å². The normalized spacial score (nSPS) is 10.5. The molecule has 32 heavy (non-hydrogen) atoms. The van der Waals surface area contributed by atoms with E-state index in [0.29, 0.717) is 40.8 Å². The van der Waals surface area contributed by atoms with Crippen molar-refractivity contribution < 1.29 is 18.7 Å². The Morgan fingerprint density at radius 2 is 1.69 bits per heavy atom. The van der Waals surface area contributed by atoms with Crippen LogP contribution in [0.5, 0.6) is 5.75 Å². The van der Waals surface area contributed by atoms with Gasteiger partial charge in [0.15, 0.2) is 5.11 Å².